The standard InChI is InChI=1S/C10H11O4P/c1-13-15(2,12)10-8-6-4-3-5-7(8)9(11)14-10/h3-6,10H,1-2H3. The third-order valence-corrected chi connectivity index (χ3v) is 4.41. The van der Waals surface area contributed by atoms with Crippen molar-refractivity contribution in [3.8, 4) is 0 Å². The van der Waals surface area contributed by atoms with Gasteiger partial charge in [-0.15, -0.1) is 0 Å². The number of hydrogen-bond donors (Lipinski definition) is 0. The van der Waals surface area contributed by atoms with Crippen LogP contribution in [-0.2, 0) is 13.8 Å². The summed E-state index contributed by atoms with van der Waals surface area (Å²) < 4.78 is 22.0. The van der Waals surface area contributed by atoms with Crippen molar-refractivity contribution < 1.29 is 18.6 Å². The van der Waals surface area contributed by atoms with E-state index in [1.165, 1.54) is 13.8 Å². The van der Waals surface area contributed by atoms with Crippen LogP contribution in [0.15, 0.2) is 24.3 Å². The van der Waals surface area contributed by atoms with Crippen LogP contribution in [0.3, 0.4) is 0 Å². The first-order chi connectivity index (χ1) is 7.06. The van der Waals surface area contributed by atoms with Gasteiger partial charge in [0.15, 0.2) is 0 Å². The quantitative estimate of drug-likeness (QED) is 0.574. The smallest absolute Gasteiger partial charge is 0.339 e. The molecule has 0 amide bonds. The largest absolute Gasteiger partial charge is 0.443 e. The maximum absolute atomic E-state index is 12.0. The van der Waals surface area contributed by atoms with Crippen LogP contribution in [0.25, 0.3) is 0 Å². The lowest BCUT2D eigenvalue weighted by Crippen LogP contribution is -2.00. The summed E-state index contributed by atoms with van der Waals surface area (Å²) in [6, 6.07) is 6.92. The molecule has 15 heavy (non-hydrogen) atoms. The fourth-order valence-electron chi connectivity index (χ4n) is 1.57. The van der Waals surface area contributed by atoms with Crippen LogP contribution in [0.5, 0.6) is 0 Å². The van der Waals surface area contributed by atoms with Gasteiger partial charge in [-0.1, -0.05) is 18.2 Å². The molecule has 2 rings (SSSR count). The Morgan fingerprint density at radius 3 is 2.73 bits per heavy atom. The average Bonchev–Trinajstić information content (AvgIpc) is 2.58. The third-order valence-electron chi connectivity index (χ3n) is 2.45. The highest BCUT2D eigenvalue weighted by Gasteiger charge is 2.41. The molecule has 0 spiro atoms. The van der Waals surface area contributed by atoms with Crippen molar-refractivity contribution in [2.75, 3.05) is 13.8 Å². The Morgan fingerprint density at radius 1 is 1.40 bits per heavy atom. The molecule has 0 N–H and O–H groups in total. The molecular weight excluding hydrogens is 215 g/mol. The Hall–Kier alpha value is -1.12. The van der Waals surface area contributed by atoms with E-state index in [9.17, 15) is 9.36 Å². The molecule has 0 aliphatic carbocycles. The summed E-state index contributed by atoms with van der Waals surface area (Å²) in [6.45, 7) is 1.47. The summed E-state index contributed by atoms with van der Waals surface area (Å²) in [5, 5.41) is 0. The van der Waals surface area contributed by atoms with Crippen molar-refractivity contribution in [1.29, 1.82) is 0 Å². The van der Waals surface area contributed by atoms with Crippen molar-refractivity contribution in [2.24, 2.45) is 0 Å². The lowest BCUT2D eigenvalue weighted by Gasteiger charge is -2.17. The van der Waals surface area contributed by atoms with Gasteiger partial charge in [0.1, 0.15) is 0 Å². The Morgan fingerprint density at radius 2 is 2.07 bits per heavy atom. The molecule has 0 bridgehead atoms. The van der Waals surface area contributed by atoms with E-state index < -0.39 is 19.2 Å². The molecule has 0 radical (unpaired) electrons. The van der Waals surface area contributed by atoms with Crippen molar-refractivity contribution in [2.45, 2.75) is 5.85 Å². The normalized spacial score (nSPS) is 23.1. The maximum Gasteiger partial charge on any atom is 0.339 e. The number of rotatable bonds is 2. The molecule has 2 atom stereocenters. The number of esters is 1. The van der Waals surface area contributed by atoms with Gasteiger partial charge >= 0.3 is 5.97 Å². The molecule has 1 aliphatic heterocycles. The first kappa shape index (κ1) is 10.4. The van der Waals surface area contributed by atoms with E-state index in [0.29, 0.717) is 11.1 Å². The van der Waals surface area contributed by atoms with Crippen molar-refractivity contribution in [3.63, 3.8) is 0 Å². The molecule has 1 aromatic carbocycles. The number of hydrogen-bond acceptors (Lipinski definition) is 4. The monoisotopic (exact) mass is 226 g/mol. The minimum Gasteiger partial charge on any atom is -0.443 e. The van der Waals surface area contributed by atoms with E-state index in [1.54, 1.807) is 24.3 Å². The van der Waals surface area contributed by atoms with Gasteiger partial charge in [0.2, 0.25) is 13.2 Å². The van der Waals surface area contributed by atoms with Gasteiger partial charge in [0, 0.05) is 19.3 Å². The molecule has 0 aromatic heterocycles. The number of carbonyl (C=O) groups is 1. The van der Waals surface area contributed by atoms with Crippen molar-refractivity contribution in [3.05, 3.63) is 35.4 Å². The van der Waals surface area contributed by atoms with E-state index in [0.717, 1.165) is 0 Å². The molecule has 1 aliphatic rings. The lowest BCUT2D eigenvalue weighted by atomic mass is 10.1. The van der Waals surface area contributed by atoms with Gasteiger partial charge in [-0.2, -0.15) is 0 Å². The lowest BCUT2D eigenvalue weighted by molar-refractivity contribution is 0.0490. The zero-order chi connectivity index (χ0) is 11.1. The van der Waals surface area contributed by atoms with Crippen LogP contribution in [0, 0.1) is 0 Å². The molecule has 2 unspecified atom stereocenters. The summed E-state index contributed by atoms with van der Waals surface area (Å²) in [7, 11) is -1.58. The van der Waals surface area contributed by atoms with Gasteiger partial charge in [-0.25, -0.2) is 4.79 Å². The van der Waals surface area contributed by atoms with Crippen LogP contribution in [0.2, 0.25) is 0 Å². The Labute approximate surface area is 87.7 Å². The molecule has 0 saturated carbocycles. The van der Waals surface area contributed by atoms with E-state index in [-0.39, 0.29) is 0 Å². The van der Waals surface area contributed by atoms with Gasteiger partial charge in [0.05, 0.1) is 5.56 Å². The van der Waals surface area contributed by atoms with Crippen molar-refractivity contribution >= 4 is 13.3 Å². The van der Waals surface area contributed by atoms with E-state index in [2.05, 4.69) is 0 Å². The topological polar surface area (TPSA) is 52.6 Å². The molecular formula is C10H11O4P. The molecule has 4 nitrogen and oxygen atoms in total. The summed E-state index contributed by atoms with van der Waals surface area (Å²) in [5.74, 6) is -1.19. The summed E-state index contributed by atoms with van der Waals surface area (Å²) in [4.78, 5) is 11.4. The highest BCUT2D eigenvalue weighted by Crippen LogP contribution is 2.59. The zero-order valence-corrected chi connectivity index (χ0v) is 9.36. The molecule has 5 heteroatoms. The number of benzene rings is 1. The second-order valence-corrected chi connectivity index (χ2v) is 6.09. The van der Waals surface area contributed by atoms with Crippen LogP contribution in [0.1, 0.15) is 21.8 Å². The van der Waals surface area contributed by atoms with E-state index >= 15 is 0 Å². The highest BCUT2D eigenvalue weighted by atomic mass is 31.2. The number of carbonyl (C=O) groups excluding carboxylic acids is 1. The highest BCUT2D eigenvalue weighted by molar-refractivity contribution is 7.58. The molecule has 0 saturated heterocycles. The Balaban J connectivity index is 2.50. The Bertz CT molecular complexity index is 454. The SMILES string of the molecule is COP(C)(=O)C1OC(=O)c2ccccc21. The minimum atomic E-state index is -2.93. The van der Waals surface area contributed by atoms with Crippen molar-refractivity contribution in [1.82, 2.24) is 0 Å². The second-order valence-electron chi connectivity index (χ2n) is 3.44. The van der Waals surface area contributed by atoms with Gasteiger partial charge < -0.3 is 9.26 Å². The number of cyclic esters (lactones) is 1. The Kier molecular flexibility index (Phi) is 2.41. The van der Waals surface area contributed by atoms with Gasteiger partial charge in [-0.05, 0) is 6.07 Å². The maximum atomic E-state index is 12.0. The minimum absolute atomic E-state index is 0.435. The predicted molar refractivity (Wildman–Crippen MR) is 55.1 cm³/mol. The van der Waals surface area contributed by atoms with Gasteiger partial charge in [0.25, 0.3) is 0 Å². The summed E-state index contributed by atoms with van der Waals surface area (Å²) >= 11 is 0. The number of fused-ring (bicyclic) bond motifs is 1. The van der Waals surface area contributed by atoms with Crippen LogP contribution in [0.4, 0.5) is 0 Å². The number of ether oxygens (including phenoxy) is 1. The first-order valence-corrected chi connectivity index (χ1v) is 6.63. The third kappa shape index (κ3) is 1.60. The van der Waals surface area contributed by atoms with Crippen LogP contribution < -0.4 is 0 Å². The summed E-state index contributed by atoms with van der Waals surface area (Å²) in [6.07, 6.45) is 0. The molecule has 0 fully saturated rings. The van der Waals surface area contributed by atoms with E-state index in [4.69, 9.17) is 9.26 Å². The van der Waals surface area contributed by atoms with Gasteiger partial charge in [-0.3, -0.25) is 4.57 Å². The molecule has 80 valence electrons. The first-order valence-electron chi connectivity index (χ1n) is 4.49. The summed E-state index contributed by atoms with van der Waals surface area (Å²) in [5.41, 5.74) is 1.12. The fraction of sp³-hybridized carbons (Fsp3) is 0.300. The molecule has 1 heterocycles. The predicted octanol–water partition coefficient (Wildman–Crippen LogP) is 2.41. The van der Waals surface area contributed by atoms with E-state index in [1.807, 2.05) is 0 Å². The van der Waals surface area contributed by atoms with Crippen LogP contribution >= 0.6 is 7.37 Å². The zero-order valence-electron chi connectivity index (χ0n) is 8.47. The average molecular weight is 226 g/mol. The fourth-order valence-corrected chi connectivity index (χ4v) is 2.78. The molecule has 1 aromatic rings. The second kappa shape index (κ2) is 3.47. The van der Waals surface area contributed by atoms with Crippen LogP contribution in [-0.4, -0.2) is 19.7 Å².